The molecule has 0 aromatic rings. The number of carbonyl (C=O) groups excluding carboxylic acids is 1. The average Bonchev–Trinajstić information content (AvgIpc) is 3.18. The van der Waals surface area contributed by atoms with Gasteiger partial charge in [0.2, 0.25) is 0 Å². The lowest BCUT2D eigenvalue weighted by molar-refractivity contribution is -0.141. The van der Waals surface area contributed by atoms with Crippen molar-refractivity contribution >= 4 is 5.97 Å². The van der Waals surface area contributed by atoms with Crippen LogP contribution in [0.15, 0.2) is 0 Å². The molecule has 3 unspecified atom stereocenters. The predicted octanol–water partition coefficient (Wildman–Crippen LogP) is 6.23. The Bertz CT molecular complexity index is 476. The Labute approximate surface area is 168 Å². The number of aliphatic hydroxyl groups is 1. The van der Waals surface area contributed by atoms with Gasteiger partial charge in [0.05, 0.1) is 13.2 Å². The normalized spacial score (nSPS) is 22.0. The fourth-order valence-electron chi connectivity index (χ4n) is 5.37. The number of carbonyl (C=O) groups is 1. The monoisotopic (exact) mass is 382 g/mol. The Kier molecular flexibility index (Phi) is 8.41. The summed E-state index contributed by atoms with van der Waals surface area (Å²) in [6.07, 6.45) is 6.72. The van der Waals surface area contributed by atoms with Crippen LogP contribution in [0.1, 0.15) is 100 Å². The van der Waals surface area contributed by atoms with Gasteiger partial charge < -0.3 is 9.84 Å². The number of esters is 1. The molecule has 3 heteroatoms. The van der Waals surface area contributed by atoms with E-state index in [-0.39, 0.29) is 28.3 Å². The van der Waals surface area contributed by atoms with E-state index in [9.17, 15) is 9.90 Å². The highest BCUT2D eigenvalue weighted by Crippen LogP contribution is 2.51. The molecule has 1 aliphatic carbocycles. The highest BCUT2D eigenvalue weighted by atomic mass is 16.5. The minimum absolute atomic E-state index is 0.0833. The zero-order valence-corrected chi connectivity index (χ0v) is 19.5. The van der Waals surface area contributed by atoms with E-state index in [1.807, 2.05) is 0 Å². The smallest absolute Gasteiger partial charge is 0.305 e. The maximum Gasteiger partial charge on any atom is 0.305 e. The highest BCUT2D eigenvalue weighted by Gasteiger charge is 2.44. The standard InChI is InChI=1S/C24H46O3/c1-17(2)14-22(3,4)11-10-20(25)24(7,8)16-23(5,6)15-19-12-18(19)13-21(26)27-9/h17-20,25H,10-16H2,1-9H3. The van der Waals surface area contributed by atoms with Gasteiger partial charge in [-0.1, -0.05) is 55.4 Å². The first-order valence-corrected chi connectivity index (χ1v) is 10.9. The summed E-state index contributed by atoms with van der Waals surface area (Å²) in [7, 11) is 1.47. The SMILES string of the molecule is COC(=O)CC1CC1CC(C)(C)CC(C)(C)C(O)CCC(C)(C)CC(C)C. The van der Waals surface area contributed by atoms with Gasteiger partial charge in [-0.15, -0.1) is 0 Å². The van der Waals surface area contributed by atoms with E-state index in [0.717, 1.165) is 32.1 Å². The zero-order valence-electron chi connectivity index (χ0n) is 19.5. The summed E-state index contributed by atoms with van der Waals surface area (Å²) in [6.45, 7) is 18.3. The Hall–Kier alpha value is -0.570. The van der Waals surface area contributed by atoms with E-state index in [1.165, 1.54) is 13.5 Å². The zero-order chi connectivity index (χ0) is 21.0. The van der Waals surface area contributed by atoms with E-state index >= 15 is 0 Å². The van der Waals surface area contributed by atoms with E-state index in [4.69, 9.17) is 4.74 Å². The van der Waals surface area contributed by atoms with Crippen LogP contribution in [0.5, 0.6) is 0 Å². The molecule has 0 amide bonds. The van der Waals surface area contributed by atoms with Crippen LogP contribution in [0.3, 0.4) is 0 Å². The molecule has 0 bridgehead atoms. The topological polar surface area (TPSA) is 46.5 Å². The molecule has 1 N–H and O–H groups in total. The number of hydrogen-bond acceptors (Lipinski definition) is 3. The quantitative estimate of drug-likeness (QED) is 0.407. The van der Waals surface area contributed by atoms with Gasteiger partial charge in [0, 0.05) is 6.42 Å². The second-order valence-electron chi connectivity index (χ2n) is 11.9. The maximum atomic E-state index is 11.5. The molecular formula is C24H46O3. The van der Waals surface area contributed by atoms with Crippen LogP contribution in [0.2, 0.25) is 0 Å². The van der Waals surface area contributed by atoms with Crippen molar-refractivity contribution in [2.45, 2.75) is 106 Å². The molecule has 3 nitrogen and oxygen atoms in total. The molecule has 1 aliphatic rings. The molecule has 160 valence electrons. The van der Waals surface area contributed by atoms with Crippen molar-refractivity contribution in [2.75, 3.05) is 7.11 Å². The molecule has 0 aromatic carbocycles. The molecule has 0 heterocycles. The fraction of sp³-hybridized carbons (Fsp3) is 0.958. The number of hydrogen-bond donors (Lipinski definition) is 1. The Morgan fingerprint density at radius 3 is 2.19 bits per heavy atom. The van der Waals surface area contributed by atoms with Crippen LogP contribution in [0.4, 0.5) is 0 Å². The largest absolute Gasteiger partial charge is 0.469 e. The summed E-state index contributed by atoms with van der Waals surface area (Å²) >= 11 is 0. The summed E-state index contributed by atoms with van der Waals surface area (Å²) in [5.41, 5.74) is 0.369. The predicted molar refractivity (Wildman–Crippen MR) is 114 cm³/mol. The van der Waals surface area contributed by atoms with Crippen molar-refractivity contribution in [3.63, 3.8) is 0 Å². The van der Waals surface area contributed by atoms with E-state index in [0.29, 0.717) is 24.2 Å². The minimum atomic E-state index is -0.270. The summed E-state index contributed by atoms with van der Waals surface area (Å²) in [4.78, 5) is 11.5. The minimum Gasteiger partial charge on any atom is -0.469 e. The van der Waals surface area contributed by atoms with Gasteiger partial charge in [-0.3, -0.25) is 4.79 Å². The molecule has 0 aliphatic heterocycles. The molecule has 27 heavy (non-hydrogen) atoms. The lowest BCUT2D eigenvalue weighted by atomic mass is 9.68. The fourth-order valence-corrected chi connectivity index (χ4v) is 5.37. The van der Waals surface area contributed by atoms with E-state index < -0.39 is 0 Å². The third-order valence-corrected chi connectivity index (χ3v) is 6.43. The van der Waals surface area contributed by atoms with Crippen molar-refractivity contribution in [1.82, 2.24) is 0 Å². The van der Waals surface area contributed by atoms with Crippen LogP contribution in [-0.4, -0.2) is 24.3 Å². The summed E-state index contributed by atoms with van der Waals surface area (Å²) in [5.74, 6) is 1.75. The highest BCUT2D eigenvalue weighted by molar-refractivity contribution is 5.69. The molecule has 1 saturated carbocycles. The second kappa shape index (κ2) is 9.29. The third kappa shape index (κ3) is 8.98. The van der Waals surface area contributed by atoms with E-state index in [1.54, 1.807) is 0 Å². The van der Waals surface area contributed by atoms with Gasteiger partial charge in [0.15, 0.2) is 0 Å². The van der Waals surface area contributed by atoms with Gasteiger partial charge in [-0.25, -0.2) is 0 Å². The summed E-state index contributed by atoms with van der Waals surface area (Å²) in [5, 5.41) is 10.9. The Morgan fingerprint density at radius 2 is 1.67 bits per heavy atom. The summed E-state index contributed by atoms with van der Waals surface area (Å²) in [6, 6.07) is 0. The van der Waals surface area contributed by atoms with Crippen molar-refractivity contribution in [3.05, 3.63) is 0 Å². The van der Waals surface area contributed by atoms with E-state index in [2.05, 4.69) is 55.4 Å². The van der Waals surface area contributed by atoms with Crippen LogP contribution >= 0.6 is 0 Å². The number of rotatable bonds is 12. The Balaban J connectivity index is 2.50. The van der Waals surface area contributed by atoms with Crippen LogP contribution in [0.25, 0.3) is 0 Å². The van der Waals surface area contributed by atoms with Gasteiger partial charge in [-0.2, -0.15) is 0 Å². The molecule has 1 fully saturated rings. The Morgan fingerprint density at radius 1 is 1.07 bits per heavy atom. The first kappa shape index (κ1) is 24.5. The average molecular weight is 383 g/mol. The van der Waals surface area contributed by atoms with Crippen LogP contribution in [0, 0.1) is 34.0 Å². The lowest BCUT2D eigenvalue weighted by Gasteiger charge is -2.39. The molecular weight excluding hydrogens is 336 g/mol. The molecule has 0 spiro atoms. The number of methoxy groups -OCH3 is 1. The van der Waals surface area contributed by atoms with Gasteiger partial charge in [0.25, 0.3) is 0 Å². The van der Waals surface area contributed by atoms with Crippen LogP contribution < -0.4 is 0 Å². The third-order valence-electron chi connectivity index (χ3n) is 6.43. The summed E-state index contributed by atoms with van der Waals surface area (Å²) < 4.78 is 4.80. The first-order chi connectivity index (χ1) is 12.2. The van der Waals surface area contributed by atoms with Gasteiger partial charge in [0.1, 0.15) is 0 Å². The van der Waals surface area contributed by atoms with Gasteiger partial charge >= 0.3 is 5.97 Å². The lowest BCUT2D eigenvalue weighted by Crippen LogP contribution is -2.35. The molecule has 1 rings (SSSR count). The first-order valence-electron chi connectivity index (χ1n) is 10.9. The number of ether oxygens (including phenoxy) is 1. The maximum absolute atomic E-state index is 11.5. The molecule has 0 radical (unpaired) electrons. The van der Waals surface area contributed by atoms with Gasteiger partial charge in [-0.05, 0) is 72.5 Å². The van der Waals surface area contributed by atoms with Crippen LogP contribution in [-0.2, 0) is 9.53 Å². The molecule has 0 saturated heterocycles. The van der Waals surface area contributed by atoms with Crippen molar-refractivity contribution in [3.8, 4) is 0 Å². The molecule has 0 aromatic heterocycles. The molecule has 3 atom stereocenters. The van der Waals surface area contributed by atoms with Crippen molar-refractivity contribution in [1.29, 1.82) is 0 Å². The van der Waals surface area contributed by atoms with Crippen molar-refractivity contribution in [2.24, 2.45) is 34.0 Å². The van der Waals surface area contributed by atoms with Crippen molar-refractivity contribution < 1.29 is 14.6 Å². The second-order valence-corrected chi connectivity index (χ2v) is 11.9. The number of aliphatic hydroxyl groups excluding tert-OH is 1.